The molecule has 1 saturated carbocycles. The van der Waals surface area contributed by atoms with Crippen LogP contribution in [0.5, 0.6) is 0 Å². The topological polar surface area (TPSA) is 38.0 Å². The molecule has 0 amide bonds. The minimum Gasteiger partial charge on any atom is -0.393 e. The average molecular weight is 290 g/mol. The van der Waals surface area contributed by atoms with E-state index in [0.717, 1.165) is 12.0 Å². The summed E-state index contributed by atoms with van der Waals surface area (Å²) in [4.78, 5) is 0. The summed E-state index contributed by atoms with van der Waals surface area (Å²) < 4.78 is 40.6. The van der Waals surface area contributed by atoms with Gasteiger partial charge in [0.2, 0.25) is 0 Å². The fraction of sp³-hybridized carbons (Fsp3) is 0.786. The first-order valence-corrected chi connectivity index (χ1v) is 7.10. The van der Waals surface area contributed by atoms with Crippen LogP contribution in [-0.2, 0) is 13.5 Å². The molecular formula is C14H21F3N2O. The maximum atomic E-state index is 13.0. The van der Waals surface area contributed by atoms with Crippen LogP contribution < -0.4 is 0 Å². The fourth-order valence-electron chi connectivity index (χ4n) is 3.16. The molecular weight excluding hydrogens is 269 g/mol. The molecule has 1 aromatic heterocycles. The van der Waals surface area contributed by atoms with Crippen molar-refractivity contribution in [3.63, 3.8) is 0 Å². The number of hydrogen-bond donors (Lipinski definition) is 1. The Kier molecular flexibility index (Phi) is 4.73. The Labute approximate surface area is 116 Å². The van der Waals surface area contributed by atoms with Gasteiger partial charge in [0, 0.05) is 13.2 Å². The molecule has 1 N–H and O–H groups in total. The summed E-state index contributed by atoms with van der Waals surface area (Å²) in [5, 5.41) is 14.2. The SMILES string of the molecule is Cn1cc(CCC(O)C2CCCCC2C(F)(F)F)cn1. The fourth-order valence-corrected chi connectivity index (χ4v) is 3.16. The molecule has 1 aliphatic rings. The van der Waals surface area contributed by atoms with Crippen molar-refractivity contribution < 1.29 is 18.3 Å². The maximum Gasteiger partial charge on any atom is 0.392 e. The number of aliphatic hydroxyl groups excluding tert-OH is 1. The van der Waals surface area contributed by atoms with Crippen molar-refractivity contribution in [3.05, 3.63) is 18.0 Å². The molecule has 1 heterocycles. The Bertz CT molecular complexity index is 430. The lowest BCUT2D eigenvalue weighted by atomic mass is 9.74. The van der Waals surface area contributed by atoms with Crippen molar-refractivity contribution in [1.29, 1.82) is 0 Å². The first kappa shape index (κ1) is 15.4. The Morgan fingerprint density at radius 3 is 2.70 bits per heavy atom. The van der Waals surface area contributed by atoms with Crippen LogP contribution in [0.25, 0.3) is 0 Å². The number of rotatable bonds is 4. The molecule has 0 spiro atoms. The second kappa shape index (κ2) is 6.16. The smallest absolute Gasteiger partial charge is 0.392 e. The second-order valence-electron chi connectivity index (χ2n) is 5.72. The molecule has 114 valence electrons. The van der Waals surface area contributed by atoms with Crippen LogP contribution in [0.15, 0.2) is 12.4 Å². The molecule has 6 heteroatoms. The van der Waals surface area contributed by atoms with Crippen molar-refractivity contribution in [2.75, 3.05) is 0 Å². The van der Waals surface area contributed by atoms with Gasteiger partial charge in [0.25, 0.3) is 0 Å². The van der Waals surface area contributed by atoms with Gasteiger partial charge in [-0.2, -0.15) is 18.3 Å². The zero-order chi connectivity index (χ0) is 14.8. The van der Waals surface area contributed by atoms with Crippen LogP contribution in [0.4, 0.5) is 13.2 Å². The van der Waals surface area contributed by atoms with E-state index in [1.807, 2.05) is 6.20 Å². The summed E-state index contributed by atoms with van der Waals surface area (Å²) in [5.74, 6) is -2.00. The molecule has 0 radical (unpaired) electrons. The highest BCUT2D eigenvalue weighted by atomic mass is 19.4. The van der Waals surface area contributed by atoms with E-state index in [4.69, 9.17) is 0 Å². The highest BCUT2D eigenvalue weighted by Gasteiger charge is 2.47. The minimum atomic E-state index is -4.19. The Balaban J connectivity index is 1.94. The van der Waals surface area contributed by atoms with Gasteiger partial charge in [-0.15, -0.1) is 0 Å². The second-order valence-corrected chi connectivity index (χ2v) is 5.72. The molecule has 1 aromatic rings. The van der Waals surface area contributed by atoms with Gasteiger partial charge in [0.05, 0.1) is 18.2 Å². The number of aliphatic hydroxyl groups is 1. The molecule has 0 saturated heterocycles. The first-order chi connectivity index (χ1) is 9.38. The van der Waals surface area contributed by atoms with Gasteiger partial charge in [-0.05, 0) is 37.2 Å². The maximum absolute atomic E-state index is 13.0. The van der Waals surface area contributed by atoms with Crippen LogP contribution in [0.1, 0.15) is 37.7 Å². The third kappa shape index (κ3) is 3.75. The molecule has 3 nitrogen and oxygen atoms in total. The van der Waals surface area contributed by atoms with E-state index in [-0.39, 0.29) is 6.42 Å². The van der Waals surface area contributed by atoms with Gasteiger partial charge in [0.15, 0.2) is 0 Å². The number of halogens is 3. The summed E-state index contributed by atoms with van der Waals surface area (Å²) in [6, 6.07) is 0. The Hall–Kier alpha value is -1.04. The third-order valence-corrected chi connectivity index (χ3v) is 4.22. The number of nitrogens with zero attached hydrogens (tertiary/aromatic N) is 2. The summed E-state index contributed by atoms with van der Waals surface area (Å²) in [6.45, 7) is 0. The van der Waals surface area contributed by atoms with Crippen molar-refractivity contribution >= 4 is 0 Å². The van der Waals surface area contributed by atoms with Gasteiger partial charge in [0.1, 0.15) is 0 Å². The van der Waals surface area contributed by atoms with Gasteiger partial charge in [-0.25, -0.2) is 0 Å². The lowest BCUT2D eigenvalue weighted by Crippen LogP contribution is -2.39. The summed E-state index contributed by atoms with van der Waals surface area (Å²) >= 11 is 0. The predicted molar refractivity (Wildman–Crippen MR) is 69.0 cm³/mol. The highest BCUT2D eigenvalue weighted by Crippen LogP contribution is 2.43. The molecule has 1 aliphatic carbocycles. The molecule has 2 rings (SSSR count). The van der Waals surface area contributed by atoms with Gasteiger partial charge in [-0.1, -0.05) is 12.8 Å². The van der Waals surface area contributed by atoms with Gasteiger partial charge in [-0.3, -0.25) is 4.68 Å². The van der Waals surface area contributed by atoms with Gasteiger partial charge < -0.3 is 5.11 Å². The highest BCUT2D eigenvalue weighted by molar-refractivity contribution is 5.04. The van der Waals surface area contributed by atoms with E-state index in [0.29, 0.717) is 25.7 Å². The molecule has 20 heavy (non-hydrogen) atoms. The lowest BCUT2D eigenvalue weighted by Gasteiger charge is -2.36. The number of hydrogen-bond acceptors (Lipinski definition) is 2. The standard InChI is InChI=1S/C14H21F3N2O/c1-19-9-10(8-18-19)6-7-13(20)11-4-2-3-5-12(11)14(15,16)17/h8-9,11-13,20H,2-7H2,1H3. The summed E-state index contributed by atoms with van der Waals surface area (Å²) in [5.41, 5.74) is 0.950. The number of alkyl halides is 3. The summed E-state index contributed by atoms with van der Waals surface area (Å²) in [7, 11) is 1.79. The van der Waals surface area contributed by atoms with Crippen molar-refractivity contribution in [3.8, 4) is 0 Å². The molecule has 3 unspecified atom stereocenters. The Morgan fingerprint density at radius 1 is 1.40 bits per heavy atom. The van der Waals surface area contributed by atoms with E-state index < -0.39 is 24.1 Å². The largest absolute Gasteiger partial charge is 0.393 e. The van der Waals surface area contributed by atoms with Crippen molar-refractivity contribution in [2.45, 2.75) is 50.8 Å². The summed E-state index contributed by atoms with van der Waals surface area (Å²) in [6.07, 6.45) is 1.37. The molecule has 3 atom stereocenters. The normalized spacial score (nSPS) is 25.6. The van der Waals surface area contributed by atoms with Crippen molar-refractivity contribution in [1.82, 2.24) is 9.78 Å². The zero-order valence-corrected chi connectivity index (χ0v) is 11.6. The number of aryl methyl sites for hydroxylation is 2. The third-order valence-electron chi connectivity index (χ3n) is 4.22. The van der Waals surface area contributed by atoms with Crippen LogP contribution in [0.3, 0.4) is 0 Å². The van der Waals surface area contributed by atoms with Crippen LogP contribution in [-0.4, -0.2) is 27.2 Å². The van der Waals surface area contributed by atoms with Gasteiger partial charge >= 0.3 is 6.18 Å². The average Bonchev–Trinajstić information content (AvgIpc) is 2.81. The van der Waals surface area contributed by atoms with Crippen LogP contribution in [0.2, 0.25) is 0 Å². The van der Waals surface area contributed by atoms with Crippen LogP contribution in [0, 0.1) is 11.8 Å². The number of aromatic nitrogens is 2. The van der Waals surface area contributed by atoms with E-state index in [1.165, 1.54) is 0 Å². The molecule has 0 bridgehead atoms. The van der Waals surface area contributed by atoms with E-state index >= 15 is 0 Å². The van der Waals surface area contributed by atoms with E-state index in [2.05, 4.69) is 5.10 Å². The Morgan fingerprint density at radius 2 is 2.10 bits per heavy atom. The predicted octanol–water partition coefficient (Wildman–Crippen LogP) is 3.08. The quantitative estimate of drug-likeness (QED) is 0.925. The van der Waals surface area contributed by atoms with Crippen molar-refractivity contribution in [2.24, 2.45) is 18.9 Å². The minimum absolute atomic E-state index is 0.151. The monoisotopic (exact) mass is 290 g/mol. The molecule has 0 aliphatic heterocycles. The zero-order valence-electron chi connectivity index (χ0n) is 11.6. The van der Waals surface area contributed by atoms with Crippen LogP contribution >= 0.6 is 0 Å². The van der Waals surface area contributed by atoms with E-state index in [1.54, 1.807) is 17.9 Å². The molecule has 0 aromatic carbocycles. The molecule has 1 fully saturated rings. The van der Waals surface area contributed by atoms with E-state index in [9.17, 15) is 18.3 Å². The lowest BCUT2D eigenvalue weighted by molar-refractivity contribution is -0.207. The first-order valence-electron chi connectivity index (χ1n) is 7.10.